The lowest BCUT2D eigenvalue weighted by molar-refractivity contribution is 0.671. The molecule has 0 atom stereocenters. The van der Waals surface area contributed by atoms with E-state index in [2.05, 4.69) is 15.9 Å². The number of hydrogen-bond acceptors (Lipinski definition) is 2. The van der Waals surface area contributed by atoms with Crippen LogP contribution >= 0.6 is 15.9 Å². The SMILES string of the molecule is CCn1c(=O)n(CC)c2cc(Br)c(N)cc21. The second-order valence-electron chi connectivity index (χ2n) is 3.63. The highest BCUT2D eigenvalue weighted by Crippen LogP contribution is 2.25. The van der Waals surface area contributed by atoms with Gasteiger partial charge in [0.1, 0.15) is 0 Å². The van der Waals surface area contributed by atoms with E-state index < -0.39 is 0 Å². The van der Waals surface area contributed by atoms with Crippen molar-refractivity contribution in [1.29, 1.82) is 0 Å². The van der Waals surface area contributed by atoms with Crippen LogP contribution in [0.2, 0.25) is 0 Å². The maximum Gasteiger partial charge on any atom is 0.329 e. The van der Waals surface area contributed by atoms with Gasteiger partial charge in [0.2, 0.25) is 0 Å². The normalized spacial score (nSPS) is 11.2. The molecule has 86 valence electrons. The maximum absolute atomic E-state index is 12.0. The Morgan fingerprint density at radius 2 is 1.69 bits per heavy atom. The lowest BCUT2D eigenvalue weighted by atomic mass is 10.2. The van der Waals surface area contributed by atoms with Crippen LogP contribution in [0.5, 0.6) is 0 Å². The number of nitrogen functional groups attached to an aromatic ring is 1. The first-order chi connectivity index (χ1) is 7.60. The van der Waals surface area contributed by atoms with E-state index in [0.29, 0.717) is 18.8 Å². The Balaban J connectivity index is 2.95. The van der Waals surface area contributed by atoms with Crippen LogP contribution in [0.25, 0.3) is 11.0 Å². The fourth-order valence-electron chi connectivity index (χ4n) is 1.96. The zero-order valence-corrected chi connectivity index (χ0v) is 10.9. The molecule has 0 amide bonds. The highest BCUT2D eigenvalue weighted by molar-refractivity contribution is 9.10. The average Bonchev–Trinajstić information content (AvgIpc) is 2.50. The van der Waals surface area contributed by atoms with E-state index >= 15 is 0 Å². The van der Waals surface area contributed by atoms with Gasteiger partial charge in [0, 0.05) is 23.2 Å². The molecule has 0 spiro atoms. The van der Waals surface area contributed by atoms with Gasteiger partial charge in [0.05, 0.1) is 11.0 Å². The first-order valence-corrected chi connectivity index (χ1v) is 6.07. The van der Waals surface area contributed by atoms with Crippen LogP contribution in [0.15, 0.2) is 21.4 Å². The molecule has 0 radical (unpaired) electrons. The van der Waals surface area contributed by atoms with Gasteiger partial charge in [0.15, 0.2) is 0 Å². The smallest absolute Gasteiger partial charge is 0.329 e. The van der Waals surface area contributed by atoms with Gasteiger partial charge in [-0.1, -0.05) is 0 Å². The van der Waals surface area contributed by atoms with Crippen molar-refractivity contribution in [2.75, 3.05) is 5.73 Å². The summed E-state index contributed by atoms with van der Waals surface area (Å²) in [6, 6.07) is 3.75. The number of halogens is 1. The van der Waals surface area contributed by atoms with Crippen molar-refractivity contribution in [3.8, 4) is 0 Å². The van der Waals surface area contributed by atoms with Gasteiger partial charge in [-0.3, -0.25) is 9.13 Å². The summed E-state index contributed by atoms with van der Waals surface area (Å²) in [6.45, 7) is 5.24. The van der Waals surface area contributed by atoms with Crippen molar-refractivity contribution >= 4 is 32.7 Å². The molecule has 2 rings (SSSR count). The summed E-state index contributed by atoms with van der Waals surface area (Å²) in [7, 11) is 0. The monoisotopic (exact) mass is 283 g/mol. The lowest BCUT2D eigenvalue weighted by Crippen LogP contribution is -2.23. The van der Waals surface area contributed by atoms with Crippen LogP contribution in [-0.2, 0) is 13.1 Å². The molecule has 16 heavy (non-hydrogen) atoms. The van der Waals surface area contributed by atoms with Gasteiger partial charge in [-0.25, -0.2) is 4.79 Å². The summed E-state index contributed by atoms with van der Waals surface area (Å²) in [5, 5.41) is 0. The van der Waals surface area contributed by atoms with E-state index in [9.17, 15) is 4.79 Å². The zero-order chi connectivity index (χ0) is 11.9. The Morgan fingerprint density at radius 1 is 1.19 bits per heavy atom. The molecule has 0 bridgehead atoms. The van der Waals surface area contributed by atoms with Crippen LogP contribution in [0, 0.1) is 0 Å². The topological polar surface area (TPSA) is 53.0 Å². The molecule has 2 aromatic rings. The summed E-state index contributed by atoms with van der Waals surface area (Å²) in [6.07, 6.45) is 0. The van der Waals surface area contributed by atoms with Crippen LogP contribution in [-0.4, -0.2) is 9.13 Å². The fourth-order valence-corrected chi connectivity index (χ4v) is 2.29. The van der Waals surface area contributed by atoms with Gasteiger partial charge in [-0.15, -0.1) is 0 Å². The number of nitrogens with two attached hydrogens (primary N) is 1. The van der Waals surface area contributed by atoms with Crippen molar-refractivity contribution < 1.29 is 0 Å². The Labute approximate surface area is 102 Å². The number of rotatable bonds is 2. The number of imidazole rings is 1. The summed E-state index contributed by atoms with van der Waals surface area (Å²) in [5.41, 5.74) is 8.34. The lowest BCUT2D eigenvalue weighted by Gasteiger charge is -2.02. The van der Waals surface area contributed by atoms with Crippen LogP contribution < -0.4 is 11.4 Å². The highest BCUT2D eigenvalue weighted by Gasteiger charge is 2.12. The minimum Gasteiger partial charge on any atom is -0.398 e. The second-order valence-corrected chi connectivity index (χ2v) is 4.49. The van der Waals surface area contributed by atoms with Crippen LogP contribution in [0.4, 0.5) is 5.69 Å². The average molecular weight is 284 g/mol. The third-order valence-electron chi connectivity index (χ3n) is 2.77. The molecule has 0 saturated heterocycles. The molecule has 0 unspecified atom stereocenters. The Morgan fingerprint density at radius 3 is 2.19 bits per heavy atom. The number of benzene rings is 1. The molecular formula is C11H14BrN3O. The molecule has 0 aliphatic rings. The van der Waals surface area contributed by atoms with Crippen LogP contribution in [0.3, 0.4) is 0 Å². The van der Waals surface area contributed by atoms with Gasteiger partial charge < -0.3 is 5.73 Å². The Hall–Kier alpha value is -1.23. The minimum absolute atomic E-state index is 0.0255. The van der Waals surface area contributed by atoms with Crippen LogP contribution in [0.1, 0.15) is 13.8 Å². The molecule has 5 heteroatoms. The largest absolute Gasteiger partial charge is 0.398 e. The quantitative estimate of drug-likeness (QED) is 0.859. The van der Waals surface area contributed by atoms with Crippen molar-refractivity contribution in [3.63, 3.8) is 0 Å². The third-order valence-corrected chi connectivity index (χ3v) is 3.46. The summed E-state index contributed by atoms with van der Waals surface area (Å²) >= 11 is 3.39. The molecule has 1 aromatic heterocycles. The Kier molecular flexibility index (Phi) is 2.80. The molecular weight excluding hydrogens is 270 g/mol. The number of hydrogen-bond donors (Lipinski definition) is 1. The third kappa shape index (κ3) is 1.46. The van der Waals surface area contributed by atoms with E-state index in [-0.39, 0.29) is 5.69 Å². The van der Waals surface area contributed by atoms with Crippen molar-refractivity contribution in [2.45, 2.75) is 26.9 Å². The van der Waals surface area contributed by atoms with Gasteiger partial charge in [-0.05, 0) is 41.9 Å². The molecule has 4 nitrogen and oxygen atoms in total. The van der Waals surface area contributed by atoms with Crippen molar-refractivity contribution in [2.24, 2.45) is 0 Å². The minimum atomic E-state index is 0.0255. The van der Waals surface area contributed by atoms with Gasteiger partial charge in [-0.2, -0.15) is 0 Å². The molecule has 2 N–H and O–H groups in total. The van der Waals surface area contributed by atoms with E-state index in [4.69, 9.17) is 5.73 Å². The first-order valence-electron chi connectivity index (χ1n) is 5.28. The number of aryl methyl sites for hydroxylation is 2. The van der Waals surface area contributed by atoms with E-state index in [1.54, 1.807) is 9.13 Å². The maximum atomic E-state index is 12.0. The summed E-state index contributed by atoms with van der Waals surface area (Å²) < 4.78 is 4.32. The van der Waals surface area contributed by atoms with E-state index in [0.717, 1.165) is 15.5 Å². The fraction of sp³-hybridized carbons (Fsp3) is 0.364. The van der Waals surface area contributed by atoms with Crippen molar-refractivity contribution in [1.82, 2.24) is 9.13 Å². The molecule has 0 fully saturated rings. The van der Waals surface area contributed by atoms with E-state index in [1.165, 1.54) is 0 Å². The molecule has 1 aromatic carbocycles. The second kappa shape index (κ2) is 3.97. The van der Waals surface area contributed by atoms with E-state index in [1.807, 2.05) is 26.0 Å². The number of anilines is 1. The summed E-state index contributed by atoms with van der Waals surface area (Å²) in [5.74, 6) is 0. The number of fused-ring (bicyclic) bond motifs is 1. The van der Waals surface area contributed by atoms with Gasteiger partial charge in [0.25, 0.3) is 0 Å². The number of aromatic nitrogens is 2. The molecule has 0 aliphatic carbocycles. The zero-order valence-electron chi connectivity index (χ0n) is 9.33. The Bertz CT molecular complexity index is 547. The predicted molar refractivity (Wildman–Crippen MR) is 69.7 cm³/mol. The summed E-state index contributed by atoms with van der Waals surface area (Å²) in [4.78, 5) is 12.0. The standard InChI is InChI=1S/C11H14BrN3O/c1-3-14-9-5-7(12)8(13)6-10(9)15(4-2)11(14)16/h5-6H,3-4,13H2,1-2H3. The number of nitrogens with zero attached hydrogens (tertiary/aromatic N) is 2. The molecule has 0 aliphatic heterocycles. The van der Waals surface area contributed by atoms with Gasteiger partial charge >= 0.3 is 5.69 Å². The first kappa shape index (κ1) is 11.3. The predicted octanol–water partition coefficient (Wildman–Crippen LogP) is 2.19. The molecule has 0 saturated carbocycles. The molecule has 1 heterocycles. The van der Waals surface area contributed by atoms with Crippen molar-refractivity contribution in [3.05, 3.63) is 27.1 Å². The highest BCUT2D eigenvalue weighted by atomic mass is 79.9.